The number of carbonyl (C=O) groups is 1. The SMILES string of the molecule is Cc1cc2c(cc1-c1cnc(NC(=O)C(C)C)cn1)CC(F)(F)C2. The fourth-order valence-corrected chi connectivity index (χ4v) is 2.84. The minimum Gasteiger partial charge on any atom is -0.309 e. The zero-order chi connectivity index (χ0) is 17.5. The average molecular weight is 331 g/mol. The van der Waals surface area contributed by atoms with E-state index in [0.717, 1.165) is 11.1 Å². The first kappa shape index (κ1) is 16.5. The van der Waals surface area contributed by atoms with Gasteiger partial charge in [-0.05, 0) is 29.7 Å². The first-order chi connectivity index (χ1) is 11.2. The van der Waals surface area contributed by atoms with Crippen LogP contribution < -0.4 is 5.32 Å². The molecule has 3 rings (SSSR count). The number of alkyl halides is 2. The first-order valence-electron chi connectivity index (χ1n) is 7.89. The zero-order valence-electron chi connectivity index (χ0n) is 13.9. The molecule has 1 N–H and O–H groups in total. The molecule has 1 aliphatic rings. The molecule has 0 atom stereocenters. The highest BCUT2D eigenvalue weighted by Crippen LogP contribution is 2.37. The predicted octanol–water partition coefficient (Wildman–Crippen LogP) is 3.78. The lowest BCUT2D eigenvalue weighted by Crippen LogP contribution is -2.18. The molecular formula is C18H19F2N3O. The lowest BCUT2D eigenvalue weighted by atomic mass is 9.99. The quantitative estimate of drug-likeness (QED) is 0.931. The lowest BCUT2D eigenvalue weighted by Gasteiger charge is -2.10. The van der Waals surface area contributed by atoms with Crippen molar-refractivity contribution >= 4 is 11.7 Å². The maximum absolute atomic E-state index is 13.6. The molecule has 1 heterocycles. The summed E-state index contributed by atoms with van der Waals surface area (Å²) < 4.78 is 27.1. The van der Waals surface area contributed by atoms with Crippen LogP contribution in [0.25, 0.3) is 11.3 Å². The molecule has 1 amide bonds. The predicted molar refractivity (Wildman–Crippen MR) is 88.0 cm³/mol. The molecule has 0 saturated carbocycles. The van der Waals surface area contributed by atoms with Crippen LogP contribution in [0.4, 0.5) is 14.6 Å². The number of halogens is 2. The number of hydrogen-bond acceptors (Lipinski definition) is 3. The molecule has 0 saturated heterocycles. The number of aromatic nitrogens is 2. The topological polar surface area (TPSA) is 54.9 Å². The number of fused-ring (bicyclic) bond motifs is 1. The van der Waals surface area contributed by atoms with E-state index in [4.69, 9.17) is 0 Å². The smallest absolute Gasteiger partial charge is 0.256 e. The van der Waals surface area contributed by atoms with Crippen molar-refractivity contribution in [2.75, 3.05) is 5.32 Å². The van der Waals surface area contributed by atoms with E-state index in [-0.39, 0.29) is 24.7 Å². The number of aryl methyl sites for hydroxylation is 1. The Morgan fingerprint density at radius 2 is 1.83 bits per heavy atom. The number of amides is 1. The Morgan fingerprint density at radius 1 is 1.17 bits per heavy atom. The van der Waals surface area contributed by atoms with Crippen LogP contribution in [0.5, 0.6) is 0 Å². The van der Waals surface area contributed by atoms with E-state index in [2.05, 4.69) is 15.3 Å². The lowest BCUT2D eigenvalue weighted by molar-refractivity contribution is -0.118. The molecule has 0 radical (unpaired) electrons. The Labute approximate surface area is 139 Å². The van der Waals surface area contributed by atoms with Crippen LogP contribution in [-0.2, 0) is 17.6 Å². The minimum atomic E-state index is -2.66. The Bertz CT molecular complexity index is 786. The van der Waals surface area contributed by atoms with Crippen molar-refractivity contribution in [3.8, 4) is 11.3 Å². The standard InChI is InChI=1S/C18H19F2N3O/c1-10(2)17(24)23-16-9-21-15(8-22-16)14-5-13-7-18(19,20)6-12(13)4-11(14)3/h4-5,8-10H,6-7H2,1-3H3,(H,22,23,24). The molecule has 1 aromatic carbocycles. The van der Waals surface area contributed by atoms with Gasteiger partial charge in [-0.2, -0.15) is 0 Å². The van der Waals surface area contributed by atoms with Crippen molar-refractivity contribution in [3.63, 3.8) is 0 Å². The normalized spacial score (nSPS) is 15.4. The van der Waals surface area contributed by atoms with Crippen LogP contribution in [0.15, 0.2) is 24.5 Å². The number of hydrogen-bond donors (Lipinski definition) is 1. The maximum atomic E-state index is 13.6. The molecule has 0 fully saturated rings. The highest BCUT2D eigenvalue weighted by molar-refractivity contribution is 5.91. The van der Waals surface area contributed by atoms with E-state index in [9.17, 15) is 13.6 Å². The van der Waals surface area contributed by atoms with Crippen molar-refractivity contribution in [2.24, 2.45) is 5.92 Å². The summed E-state index contributed by atoms with van der Waals surface area (Å²) in [6.07, 6.45) is 2.61. The van der Waals surface area contributed by atoms with E-state index in [1.54, 1.807) is 26.1 Å². The molecule has 0 bridgehead atoms. The van der Waals surface area contributed by atoms with Crippen LogP contribution >= 0.6 is 0 Å². The minimum absolute atomic E-state index is 0.131. The summed E-state index contributed by atoms with van der Waals surface area (Å²) in [4.78, 5) is 20.2. The summed E-state index contributed by atoms with van der Waals surface area (Å²) in [5, 5.41) is 2.68. The Morgan fingerprint density at radius 3 is 2.42 bits per heavy atom. The van der Waals surface area contributed by atoms with Gasteiger partial charge in [0.15, 0.2) is 5.82 Å². The van der Waals surface area contributed by atoms with E-state index < -0.39 is 5.92 Å². The van der Waals surface area contributed by atoms with Crippen LogP contribution in [0.1, 0.15) is 30.5 Å². The van der Waals surface area contributed by atoms with Gasteiger partial charge < -0.3 is 5.32 Å². The van der Waals surface area contributed by atoms with Gasteiger partial charge in [-0.25, -0.2) is 13.8 Å². The Kier molecular flexibility index (Phi) is 4.07. The highest BCUT2D eigenvalue weighted by Gasteiger charge is 2.37. The molecule has 0 unspecified atom stereocenters. The van der Waals surface area contributed by atoms with Gasteiger partial charge in [-0.15, -0.1) is 0 Å². The third-order valence-electron chi connectivity index (χ3n) is 4.15. The van der Waals surface area contributed by atoms with E-state index in [0.29, 0.717) is 22.6 Å². The largest absolute Gasteiger partial charge is 0.309 e. The van der Waals surface area contributed by atoms with Crippen molar-refractivity contribution in [2.45, 2.75) is 39.5 Å². The van der Waals surface area contributed by atoms with Gasteiger partial charge in [-0.3, -0.25) is 9.78 Å². The second-order valence-electron chi connectivity index (χ2n) is 6.58. The van der Waals surface area contributed by atoms with Crippen LogP contribution in [0.3, 0.4) is 0 Å². The molecule has 0 aliphatic heterocycles. The summed E-state index contributed by atoms with van der Waals surface area (Å²) >= 11 is 0. The van der Waals surface area contributed by atoms with Crippen LogP contribution in [-0.4, -0.2) is 21.8 Å². The van der Waals surface area contributed by atoms with Crippen molar-refractivity contribution in [1.29, 1.82) is 0 Å². The van der Waals surface area contributed by atoms with E-state index in [1.807, 2.05) is 13.0 Å². The number of benzene rings is 1. The van der Waals surface area contributed by atoms with Crippen LogP contribution in [0.2, 0.25) is 0 Å². The van der Waals surface area contributed by atoms with Gasteiger partial charge in [0, 0.05) is 24.3 Å². The van der Waals surface area contributed by atoms with Gasteiger partial charge in [0.05, 0.1) is 18.1 Å². The number of nitrogens with zero attached hydrogens (tertiary/aromatic N) is 2. The average Bonchev–Trinajstić information content (AvgIpc) is 2.80. The van der Waals surface area contributed by atoms with Crippen molar-refractivity contribution in [3.05, 3.63) is 41.2 Å². The molecule has 6 heteroatoms. The summed E-state index contributed by atoms with van der Waals surface area (Å²) in [6.45, 7) is 5.46. The monoisotopic (exact) mass is 331 g/mol. The van der Waals surface area contributed by atoms with Gasteiger partial charge in [0.1, 0.15) is 0 Å². The Balaban J connectivity index is 1.87. The number of rotatable bonds is 3. The summed E-state index contributed by atoms with van der Waals surface area (Å²) in [5.41, 5.74) is 3.66. The zero-order valence-corrected chi connectivity index (χ0v) is 13.9. The molecule has 24 heavy (non-hydrogen) atoms. The van der Waals surface area contributed by atoms with Gasteiger partial charge in [0.25, 0.3) is 5.92 Å². The van der Waals surface area contributed by atoms with Gasteiger partial charge in [0.2, 0.25) is 5.91 Å². The number of anilines is 1. The van der Waals surface area contributed by atoms with Crippen LogP contribution in [0, 0.1) is 12.8 Å². The Hall–Kier alpha value is -2.37. The third kappa shape index (κ3) is 3.27. The molecule has 2 aromatic rings. The number of nitrogens with one attached hydrogen (secondary N) is 1. The summed E-state index contributed by atoms with van der Waals surface area (Å²) in [5.74, 6) is -2.56. The molecule has 126 valence electrons. The van der Waals surface area contributed by atoms with Crippen molar-refractivity contribution in [1.82, 2.24) is 9.97 Å². The second-order valence-corrected chi connectivity index (χ2v) is 6.58. The summed E-state index contributed by atoms with van der Waals surface area (Å²) in [7, 11) is 0. The fraction of sp³-hybridized carbons (Fsp3) is 0.389. The molecule has 1 aliphatic carbocycles. The fourth-order valence-electron chi connectivity index (χ4n) is 2.84. The third-order valence-corrected chi connectivity index (χ3v) is 4.15. The number of carbonyl (C=O) groups excluding carboxylic acids is 1. The second kappa shape index (κ2) is 5.92. The maximum Gasteiger partial charge on any atom is 0.256 e. The van der Waals surface area contributed by atoms with Crippen molar-refractivity contribution < 1.29 is 13.6 Å². The van der Waals surface area contributed by atoms with E-state index >= 15 is 0 Å². The summed E-state index contributed by atoms with van der Waals surface area (Å²) in [6, 6.07) is 3.59. The molecule has 1 aromatic heterocycles. The molecular weight excluding hydrogens is 312 g/mol. The van der Waals surface area contributed by atoms with Gasteiger partial charge in [-0.1, -0.05) is 19.9 Å². The first-order valence-corrected chi connectivity index (χ1v) is 7.89. The molecule has 0 spiro atoms. The van der Waals surface area contributed by atoms with Gasteiger partial charge >= 0.3 is 0 Å². The molecule has 4 nitrogen and oxygen atoms in total. The van der Waals surface area contributed by atoms with E-state index in [1.165, 1.54) is 6.20 Å². The highest BCUT2D eigenvalue weighted by atomic mass is 19.3.